The van der Waals surface area contributed by atoms with Crippen LogP contribution < -0.4 is 0 Å². The molecule has 0 atom stereocenters. The number of benzene rings is 3. The SMILES string of the molecule is c1ccc(Cc2nn3c(Cc4ccccc4)nnc3c3ccccc23)cc1. The highest BCUT2D eigenvalue weighted by Gasteiger charge is 2.14. The summed E-state index contributed by atoms with van der Waals surface area (Å²) in [7, 11) is 0. The van der Waals surface area contributed by atoms with Gasteiger partial charge in [-0.25, -0.2) is 0 Å². The first-order chi connectivity index (χ1) is 13.4. The molecular formula is C23H18N4. The van der Waals surface area contributed by atoms with Crippen LogP contribution in [-0.4, -0.2) is 19.8 Å². The zero-order valence-electron chi connectivity index (χ0n) is 14.8. The van der Waals surface area contributed by atoms with Gasteiger partial charge in [0.25, 0.3) is 0 Å². The topological polar surface area (TPSA) is 43.1 Å². The van der Waals surface area contributed by atoms with Crippen LogP contribution in [0.25, 0.3) is 16.4 Å². The van der Waals surface area contributed by atoms with Gasteiger partial charge in [-0.3, -0.25) is 0 Å². The predicted octanol–water partition coefficient (Wildman–Crippen LogP) is 4.46. The highest BCUT2D eigenvalue weighted by Crippen LogP contribution is 2.24. The maximum absolute atomic E-state index is 4.95. The zero-order chi connectivity index (χ0) is 18.1. The van der Waals surface area contributed by atoms with E-state index in [1.54, 1.807) is 0 Å². The molecular weight excluding hydrogens is 332 g/mol. The number of hydrogen-bond donors (Lipinski definition) is 0. The van der Waals surface area contributed by atoms with Gasteiger partial charge in [0.1, 0.15) is 0 Å². The summed E-state index contributed by atoms with van der Waals surface area (Å²) in [5, 5.41) is 16.0. The first-order valence-corrected chi connectivity index (χ1v) is 9.08. The Hall–Kier alpha value is -3.53. The summed E-state index contributed by atoms with van der Waals surface area (Å²) in [6, 6.07) is 29.1. The van der Waals surface area contributed by atoms with Gasteiger partial charge in [-0.05, 0) is 11.1 Å². The van der Waals surface area contributed by atoms with E-state index in [2.05, 4.69) is 64.8 Å². The molecule has 0 bridgehead atoms. The molecule has 0 N–H and O–H groups in total. The third kappa shape index (κ3) is 2.95. The summed E-state index contributed by atoms with van der Waals surface area (Å²) in [6.45, 7) is 0. The standard InChI is InChI=1S/C23H18N4/c1-3-9-17(10-4-1)15-21-19-13-7-8-14-20(19)23-25-24-22(27(23)26-21)16-18-11-5-2-6-12-18/h1-14H,15-16H2. The van der Waals surface area contributed by atoms with Crippen molar-refractivity contribution in [2.24, 2.45) is 0 Å². The van der Waals surface area contributed by atoms with Crippen LogP contribution in [-0.2, 0) is 12.8 Å². The molecule has 5 aromatic rings. The van der Waals surface area contributed by atoms with E-state index in [0.717, 1.165) is 34.4 Å². The number of aromatic nitrogens is 4. The van der Waals surface area contributed by atoms with Gasteiger partial charge < -0.3 is 0 Å². The number of fused-ring (bicyclic) bond motifs is 3. The summed E-state index contributed by atoms with van der Waals surface area (Å²) in [6.07, 6.45) is 1.48. The minimum Gasteiger partial charge on any atom is -0.196 e. The Morgan fingerprint density at radius 3 is 1.89 bits per heavy atom. The Morgan fingerprint density at radius 1 is 0.593 bits per heavy atom. The average Bonchev–Trinajstić information content (AvgIpc) is 3.12. The molecule has 3 aromatic carbocycles. The van der Waals surface area contributed by atoms with Crippen LogP contribution in [0.2, 0.25) is 0 Å². The molecule has 0 fully saturated rings. The van der Waals surface area contributed by atoms with Crippen LogP contribution in [0.5, 0.6) is 0 Å². The van der Waals surface area contributed by atoms with E-state index in [9.17, 15) is 0 Å². The van der Waals surface area contributed by atoms with E-state index < -0.39 is 0 Å². The van der Waals surface area contributed by atoms with Crippen molar-refractivity contribution in [3.63, 3.8) is 0 Å². The van der Waals surface area contributed by atoms with Gasteiger partial charge in [0.2, 0.25) is 0 Å². The molecule has 0 aliphatic rings. The molecule has 2 heterocycles. The highest BCUT2D eigenvalue weighted by atomic mass is 15.4. The van der Waals surface area contributed by atoms with Crippen molar-refractivity contribution in [2.45, 2.75) is 12.8 Å². The Bertz CT molecular complexity index is 1210. The summed E-state index contributed by atoms with van der Waals surface area (Å²) in [5.41, 5.74) is 4.30. The van der Waals surface area contributed by atoms with Gasteiger partial charge in [-0.2, -0.15) is 9.61 Å². The lowest BCUT2D eigenvalue weighted by Gasteiger charge is -2.08. The van der Waals surface area contributed by atoms with E-state index in [1.807, 2.05) is 34.8 Å². The molecule has 27 heavy (non-hydrogen) atoms. The van der Waals surface area contributed by atoms with Crippen molar-refractivity contribution >= 4 is 16.4 Å². The van der Waals surface area contributed by atoms with Gasteiger partial charge in [-0.1, -0.05) is 84.9 Å². The normalized spacial score (nSPS) is 11.3. The molecule has 0 radical (unpaired) electrons. The van der Waals surface area contributed by atoms with E-state index in [-0.39, 0.29) is 0 Å². The molecule has 0 unspecified atom stereocenters. The Labute approximate surface area is 157 Å². The van der Waals surface area contributed by atoms with Crippen LogP contribution in [0.1, 0.15) is 22.6 Å². The summed E-state index contributed by atoms with van der Waals surface area (Å²) < 4.78 is 1.91. The molecule has 4 nitrogen and oxygen atoms in total. The quantitative estimate of drug-likeness (QED) is 0.481. The van der Waals surface area contributed by atoms with Crippen molar-refractivity contribution in [2.75, 3.05) is 0 Å². The number of rotatable bonds is 4. The molecule has 0 amide bonds. The largest absolute Gasteiger partial charge is 0.196 e. The van der Waals surface area contributed by atoms with Crippen molar-refractivity contribution < 1.29 is 0 Å². The number of nitrogens with zero attached hydrogens (tertiary/aromatic N) is 4. The van der Waals surface area contributed by atoms with Crippen LogP contribution in [0.15, 0.2) is 84.9 Å². The second-order valence-corrected chi connectivity index (χ2v) is 6.67. The molecule has 0 aliphatic carbocycles. The molecule has 4 heteroatoms. The third-order valence-corrected chi connectivity index (χ3v) is 4.82. The lowest BCUT2D eigenvalue weighted by molar-refractivity contribution is 0.815. The van der Waals surface area contributed by atoms with E-state index >= 15 is 0 Å². The van der Waals surface area contributed by atoms with Crippen LogP contribution >= 0.6 is 0 Å². The maximum Gasteiger partial charge on any atom is 0.185 e. The maximum atomic E-state index is 4.95. The van der Waals surface area contributed by atoms with Crippen molar-refractivity contribution in [1.29, 1.82) is 0 Å². The van der Waals surface area contributed by atoms with Crippen LogP contribution in [0.4, 0.5) is 0 Å². The second kappa shape index (κ2) is 6.65. The molecule has 130 valence electrons. The van der Waals surface area contributed by atoms with Gasteiger partial charge in [-0.15, -0.1) is 10.2 Å². The van der Waals surface area contributed by atoms with Gasteiger partial charge in [0.05, 0.1) is 5.69 Å². The summed E-state index contributed by atoms with van der Waals surface area (Å²) in [5.74, 6) is 0.858. The predicted molar refractivity (Wildman–Crippen MR) is 107 cm³/mol. The van der Waals surface area contributed by atoms with E-state index in [1.165, 1.54) is 11.1 Å². The highest BCUT2D eigenvalue weighted by molar-refractivity contribution is 5.95. The molecule has 0 aliphatic heterocycles. The minimum absolute atomic E-state index is 0.706. The van der Waals surface area contributed by atoms with E-state index in [4.69, 9.17) is 5.10 Å². The molecule has 2 aromatic heterocycles. The Balaban J connectivity index is 1.67. The molecule has 0 saturated carbocycles. The van der Waals surface area contributed by atoms with Crippen molar-refractivity contribution in [1.82, 2.24) is 19.8 Å². The third-order valence-electron chi connectivity index (χ3n) is 4.82. The lowest BCUT2D eigenvalue weighted by Crippen LogP contribution is -2.05. The fraction of sp³-hybridized carbons (Fsp3) is 0.0870. The van der Waals surface area contributed by atoms with Crippen molar-refractivity contribution in [3.8, 4) is 0 Å². The fourth-order valence-electron chi connectivity index (χ4n) is 3.50. The van der Waals surface area contributed by atoms with Crippen LogP contribution in [0, 0.1) is 0 Å². The molecule has 0 spiro atoms. The average molecular weight is 350 g/mol. The monoisotopic (exact) mass is 350 g/mol. The molecule has 0 saturated heterocycles. The second-order valence-electron chi connectivity index (χ2n) is 6.67. The van der Waals surface area contributed by atoms with Gasteiger partial charge >= 0.3 is 0 Å². The first-order valence-electron chi connectivity index (χ1n) is 9.08. The fourth-order valence-corrected chi connectivity index (χ4v) is 3.50. The van der Waals surface area contributed by atoms with Crippen molar-refractivity contribution in [3.05, 3.63) is 108 Å². The Kier molecular flexibility index (Phi) is 3.87. The molecule has 5 rings (SSSR count). The summed E-state index contributed by atoms with van der Waals surface area (Å²) in [4.78, 5) is 0. The Morgan fingerprint density at radius 2 is 1.19 bits per heavy atom. The minimum atomic E-state index is 0.706. The lowest BCUT2D eigenvalue weighted by atomic mass is 10.0. The first kappa shape index (κ1) is 15.7. The van der Waals surface area contributed by atoms with Gasteiger partial charge in [0, 0.05) is 23.6 Å². The number of hydrogen-bond acceptors (Lipinski definition) is 3. The van der Waals surface area contributed by atoms with E-state index in [0.29, 0.717) is 6.42 Å². The van der Waals surface area contributed by atoms with Crippen LogP contribution in [0.3, 0.4) is 0 Å². The summed E-state index contributed by atoms with van der Waals surface area (Å²) >= 11 is 0. The smallest absolute Gasteiger partial charge is 0.185 e. The zero-order valence-corrected chi connectivity index (χ0v) is 14.8. The van der Waals surface area contributed by atoms with Gasteiger partial charge in [0.15, 0.2) is 11.5 Å².